The average Bonchev–Trinajstić information content (AvgIpc) is 2.39. The smallest absolute Gasteiger partial charge is 0.307 e. The van der Waals surface area contributed by atoms with Crippen molar-refractivity contribution in [3.63, 3.8) is 0 Å². The average molecular weight is 281 g/mol. The lowest BCUT2D eigenvalue weighted by molar-refractivity contribution is -0.146. The number of carboxylic acids is 1. The first-order valence-corrected chi connectivity index (χ1v) is 6.25. The number of nitrogens with zero attached hydrogens (tertiary/aromatic N) is 1. The highest BCUT2D eigenvalue weighted by Crippen LogP contribution is 2.32. The predicted octanol–water partition coefficient (Wildman–Crippen LogP) is 2.25. The predicted molar refractivity (Wildman–Crippen MR) is 70.7 cm³/mol. The third-order valence-corrected chi connectivity index (χ3v) is 3.37. The molecule has 1 aromatic rings. The van der Waals surface area contributed by atoms with Gasteiger partial charge in [0, 0.05) is 11.2 Å². The summed E-state index contributed by atoms with van der Waals surface area (Å²) in [6.45, 7) is 0. The summed E-state index contributed by atoms with van der Waals surface area (Å²) in [4.78, 5) is 27.3. The maximum Gasteiger partial charge on any atom is 0.307 e. The zero-order chi connectivity index (χ0) is 13.8. The Morgan fingerprint density at radius 3 is 2.79 bits per heavy atom. The number of allylic oxidation sites excluding steroid dienone is 2. The molecule has 19 heavy (non-hydrogen) atoms. The number of aliphatic carboxylic acids is 1. The van der Waals surface area contributed by atoms with Crippen LogP contribution in [0.2, 0.25) is 0 Å². The van der Waals surface area contributed by atoms with Gasteiger partial charge in [0.15, 0.2) is 0 Å². The summed E-state index contributed by atoms with van der Waals surface area (Å²) in [7, 11) is 0. The van der Waals surface area contributed by atoms with Crippen LogP contribution >= 0.6 is 11.6 Å². The molecule has 0 bridgehead atoms. The van der Waals surface area contributed by atoms with Crippen LogP contribution in [-0.4, -0.2) is 22.0 Å². The molecule has 0 spiro atoms. The number of rotatable bonds is 3. The molecule has 1 heterocycles. The Balaban J connectivity index is 2.12. The van der Waals surface area contributed by atoms with Gasteiger partial charge < -0.3 is 10.4 Å². The van der Waals surface area contributed by atoms with Gasteiger partial charge in [-0.1, -0.05) is 23.7 Å². The van der Waals surface area contributed by atoms with Crippen molar-refractivity contribution in [2.24, 2.45) is 11.8 Å². The number of pyridine rings is 1. The van der Waals surface area contributed by atoms with E-state index in [1.54, 1.807) is 30.5 Å². The molecule has 2 atom stereocenters. The molecule has 0 aliphatic heterocycles. The minimum atomic E-state index is -0.985. The van der Waals surface area contributed by atoms with Gasteiger partial charge in [0.1, 0.15) is 5.82 Å². The molecule has 1 aliphatic rings. The van der Waals surface area contributed by atoms with Crippen LogP contribution in [0.3, 0.4) is 0 Å². The van der Waals surface area contributed by atoms with Crippen molar-refractivity contribution in [2.45, 2.75) is 12.8 Å². The van der Waals surface area contributed by atoms with Crippen molar-refractivity contribution in [1.82, 2.24) is 4.98 Å². The maximum absolute atomic E-state index is 12.1. The molecule has 0 saturated heterocycles. The summed E-state index contributed by atoms with van der Waals surface area (Å²) >= 11 is 5.90. The van der Waals surface area contributed by atoms with E-state index in [1.807, 2.05) is 0 Å². The number of amides is 1. The van der Waals surface area contributed by atoms with Crippen LogP contribution in [0.5, 0.6) is 0 Å². The molecular weight excluding hydrogens is 268 g/mol. The van der Waals surface area contributed by atoms with Gasteiger partial charge in [-0.15, -0.1) is 0 Å². The number of anilines is 1. The monoisotopic (exact) mass is 280 g/mol. The summed E-state index contributed by atoms with van der Waals surface area (Å²) < 4.78 is 0. The molecule has 100 valence electrons. The molecule has 0 radical (unpaired) electrons. The van der Waals surface area contributed by atoms with Crippen LogP contribution in [0.4, 0.5) is 5.82 Å². The number of hydrogen-bond donors (Lipinski definition) is 2. The zero-order valence-corrected chi connectivity index (χ0v) is 10.8. The van der Waals surface area contributed by atoms with Gasteiger partial charge >= 0.3 is 5.97 Å². The topological polar surface area (TPSA) is 79.3 Å². The minimum Gasteiger partial charge on any atom is -0.481 e. The fourth-order valence-electron chi connectivity index (χ4n) is 2.06. The van der Waals surface area contributed by atoms with E-state index in [1.165, 1.54) is 0 Å². The zero-order valence-electron chi connectivity index (χ0n) is 10.0. The van der Waals surface area contributed by atoms with E-state index in [9.17, 15) is 9.59 Å². The Morgan fingerprint density at radius 1 is 1.37 bits per heavy atom. The quantitative estimate of drug-likeness (QED) is 0.890. The van der Waals surface area contributed by atoms with Gasteiger partial charge in [0.25, 0.3) is 0 Å². The normalized spacial score (nSPS) is 22.5. The minimum absolute atomic E-state index is 0.247. The highest BCUT2D eigenvalue weighted by molar-refractivity contribution is 6.29. The Hall–Kier alpha value is -1.88. The fourth-order valence-corrected chi connectivity index (χ4v) is 2.31. The third kappa shape index (κ3) is 3.32. The van der Waals surface area contributed by atoms with E-state index in [-0.39, 0.29) is 18.7 Å². The van der Waals surface area contributed by atoms with Gasteiger partial charge in [-0.2, -0.15) is 0 Å². The lowest BCUT2D eigenvalue weighted by Crippen LogP contribution is -2.35. The summed E-state index contributed by atoms with van der Waals surface area (Å²) in [5.41, 5.74) is 0. The lowest BCUT2D eigenvalue weighted by atomic mass is 9.82. The van der Waals surface area contributed by atoms with Crippen LogP contribution in [0.1, 0.15) is 12.8 Å². The lowest BCUT2D eigenvalue weighted by Gasteiger charge is -2.25. The number of carboxylic acid groups (broad SMARTS) is 1. The molecule has 6 heteroatoms. The molecule has 0 aromatic carbocycles. The summed E-state index contributed by atoms with van der Waals surface area (Å²) in [6.07, 6.45) is 3.73. The SMILES string of the molecule is O=C(Nc1ccccn1)[C@H]1CC(Cl)=CC[C@H]1C(=O)O. The Morgan fingerprint density at radius 2 is 2.16 bits per heavy atom. The summed E-state index contributed by atoms with van der Waals surface area (Å²) in [5, 5.41) is 12.3. The molecule has 0 saturated carbocycles. The Kier molecular flexibility index (Phi) is 4.16. The first-order valence-electron chi connectivity index (χ1n) is 5.87. The van der Waals surface area contributed by atoms with Crippen molar-refractivity contribution in [3.05, 3.63) is 35.5 Å². The molecule has 0 fully saturated rings. The van der Waals surface area contributed by atoms with Crippen LogP contribution < -0.4 is 5.32 Å². The number of halogens is 1. The first kappa shape index (κ1) is 13.5. The van der Waals surface area contributed by atoms with Crippen LogP contribution in [0.15, 0.2) is 35.5 Å². The molecule has 1 aromatic heterocycles. The van der Waals surface area contributed by atoms with Crippen molar-refractivity contribution in [3.8, 4) is 0 Å². The maximum atomic E-state index is 12.1. The molecular formula is C13H13ClN2O3. The molecule has 0 unspecified atom stereocenters. The second-order valence-corrected chi connectivity index (χ2v) is 4.83. The number of carbonyl (C=O) groups is 2. The van der Waals surface area contributed by atoms with E-state index in [4.69, 9.17) is 16.7 Å². The van der Waals surface area contributed by atoms with Crippen molar-refractivity contribution in [2.75, 3.05) is 5.32 Å². The van der Waals surface area contributed by atoms with Gasteiger partial charge in [0.2, 0.25) is 5.91 Å². The molecule has 1 amide bonds. The van der Waals surface area contributed by atoms with Gasteiger partial charge in [-0.25, -0.2) is 4.98 Å². The number of hydrogen-bond acceptors (Lipinski definition) is 3. The molecule has 2 N–H and O–H groups in total. The summed E-state index contributed by atoms with van der Waals surface area (Å²) in [5.74, 6) is -2.36. The van der Waals surface area contributed by atoms with Crippen molar-refractivity contribution >= 4 is 29.3 Å². The highest BCUT2D eigenvalue weighted by atomic mass is 35.5. The standard InChI is InChI=1S/C13H13ClN2O3/c14-8-4-5-9(13(18)19)10(7-8)12(17)16-11-3-1-2-6-15-11/h1-4,6,9-10H,5,7H2,(H,18,19)(H,15,16,17)/t9-,10+/m1/s1. The second-order valence-electron chi connectivity index (χ2n) is 4.35. The largest absolute Gasteiger partial charge is 0.481 e. The van der Waals surface area contributed by atoms with Crippen molar-refractivity contribution < 1.29 is 14.7 Å². The van der Waals surface area contributed by atoms with E-state index >= 15 is 0 Å². The second kappa shape index (κ2) is 5.84. The number of aromatic nitrogens is 1. The fraction of sp³-hybridized carbons (Fsp3) is 0.308. The molecule has 2 rings (SSSR count). The number of carbonyl (C=O) groups excluding carboxylic acids is 1. The van der Waals surface area contributed by atoms with E-state index in [2.05, 4.69) is 10.3 Å². The van der Waals surface area contributed by atoms with Crippen LogP contribution in [0.25, 0.3) is 0 Å². The van der Waals surface area contributed by atoms with Gasteiger partial charge in [-0.3, -0.25) is 9.59 Å². The molecule has 5 nitrogen and oxygen atoms in total. The highest BCUT2D eigenvalue weighted by Gasteiger charge is 2.36. The van der Waals surface area contributed by atoms with Gasteiger partial charge in [-0.05, 0) is 25.0 Å². The molecule has 1 aliphatic carbocycles. The number of nitrogens with one attached hydrogen (secondary N) is 1. The van der Waals surface area contributed by atoms with Gasteiger partial charge in [0.05, 0.1) is 11.8 Å². The van der Waals surface area contributed by atoms with E-state index in [0.29, 0.717) is 10.9 Å². The van der Waals surface area contributed by atoms with Crippen LogP contribution in [0, 0.1) is 11.8 Å². The van der Waals surface area contributed by atoms with Crippen LogP contribution in [-0.2, 0) is 9.59 Å². The Labute approximate surface area is 115 Å². The third-order valence-electron chi connectivity index (χ3n) is 3.06. The van der Waals surface area contributed by atoms with Crippen molar-refractivity contribution in [1.29, 1.82) is 0 Å². The Bertz CT molecular complexity index is 516. The van der Waals surface area contributed by atoms with E-state index < -0.39 is 17.8 Å². The van der Waals surface area contributed by atoms with E-state index in [0.717, 1.165) is 0 Å². The first-order chi connectivity index (χ1) is 9.08. The summed E-state index contributed by atoms with van der Waals surface area (Å²) in [6, 6.07) is 5.12.